The molecule has 9 nitrogen and oxygen atoms in total. The van der Waals surface area contributed by atoms with Crippen molar-refractivity contribution in [1.29, 1.82) is 0 Å². The zero-order valence-electron chi connectivity index (χ0n) is 24.7. The second-order valence-corrected chi connectivity index (χ2v) is 11.8. The van der Waals surface area contributed by atoms with Gasteiger partial charge in [-0.1, -0.05) is 73.6 Å². The molecule has 10 heteroatoms. The number of aliphatic hydroxyl groups is 1. The van der Waals surface area contributed by atoms with Gasteiger partial charge in [0.05, 0.1) is 18.8 Å². The van der Waals surface area contributed by atoms with Crippen molar-refractivity contribution in [3.8, 4) is 0 Å². The largest absolute Gasteiger partial charge is 0.618 e. The van der Waals surface area contributed by atoms with E-state index in [4.69, 9.17) is 9.47 Å². The first-order valence-electron chi connectivity index (χ1n) is 14.8. The molecule has 1 aliphatic rings. The predicted molar refractivity (Wildman–Crippen MR) is 165 cm³/mol. The van der Waals surface area contributed by atoms with E-state index < -0.39 is 6.29 Å². The summed E-state index contributed by atoms with van der Waals surface area (Å²) in [5.41, 5.74) is 3.67. The van der Waals surface area contributed by atoms with Gasteiger partial charge in [0.15, 0.2) is 12.5 Å². The van der Waals surface area contributed by atoms with Crippen LogP contribution in [0.3, 0.4) is 0 Å². The number of amides is 2. The number of carbonyl (C=O) groups is 2. The minimum atomic E-state index is -0.611. The zero-order valence-corrected chi connectivity index (χ0v) is 25.6. The smallest absolute Gasteiger partial charge is 0.251 e. The van der Waals surface area contributed by atoms with Gasteiger partial charge in [-0.2, -0.15) is 4.73 Å². The van der Waals surface area contributed by atoms with E-state index in [1.54, 1.807) is 12.1 Å². The minimum Gasteiger partial charge on any atom is -0.618 e. The Hall–Kier alpha value is -3.44. The minimum absolute atomic E-state index is 0.00440. The highest BCUT2D eigenvalue weighted by molar-refractivity contribution is 7.99. The third-order valence-corrected chi connectivity index (χ3v) is 8.61. The van der Waals surface area contributed by atoms with Crippen molar-refractivity contribution in [3.63, 3.8) is 0 Å². The van der Waals surface area contributed by atoms with Crippen LogP contribution in [-0.4, -0.2) is 35.3 Å². The third kappa shape index (κ3) is 9.79. The van der Waals surface area contributed by atoms with E-state index in [0.29, 0.717) is 30.3 Å². The van der Waals surface area contributed by atoms with Gasteiger partial charge in [-0.3, -0.25) is 9.59 Å². The maximum atomic E-state index is 12.3. The summed E-state index contributed by atoms with van der Waals surface area (Å²) in [7, 11) is 0. The molecule has 2 amide bonds. The molecule has 0 saturated carbocycles. The average molecular weight is 608 g/mol. The fraction of sp³-hybridized carbons (Fsp3) is 0.424. The molecular weight excluding hydrogens is 566 g/mol. The summed E-state index contributed by atoms with van der Waals surface area (Å²) in [4.78, 5) is 23.2. The van der Waals surface area contributed by atoms with Crippen molar-refractivity contribution in [1.82, 2.24) is 10.6 Å². The number of carbonyl (C=O) groups excluding carboxylic acids is 2. The molecular formula is C33H41N3O6S. The van der Waals surface area contributed by atoms with Crippen LogP contribution in [0.2, 0.25) is 0 Å². The molecule has 4 atom stereocenters. The lowest BCUT2D eigenvalue weighted by Crippen LogP contribution is -2.39. The molecule has 0 radical (unpaired) electrons. The maximum Gasteiger partial charge on any atom is 0.251 e. The molecule has 43 heavy (non-hydrogen) atoms. The summed E-state index contributed by atoms with van der Waals surface area (Å²) < 4.78 is 13.9. The van der Waals surface area contributed by atoms with Gasteiger partial charge in [0.25, 0.3) is 5.03 Å². The van der Waals surface area contributed by atoms with Crippen molar-refractivity contribution < 1.29 is 28.9 Å². The fourth-order valence-electron chi connectivity index (χ4n) is 4.94. The van der Waals surface area contributed by atoms with E-state index in [-0.39, 0.29) is 36.5 Å². The van der Waals surface area contributed by atoms with E-state index in [0.717, 1.165) is 46.2 Å². The topological polar surface area (TPSA) is 124 Å². The Kier molecular flexibility index (Phi) is 12.4. The monoisotopic (exact) mass is 607 g/mol. The molecule has 3 N–H and O–H groups in total. The van der Waals surface area contributed by atoms with Crippen LogP contribution in [-0.2, 0) is 32.2 Å². The summed E-state index contributed by atoms with van der Waals surface area (Å²) in [5.74, 6) is 0.556. The Morgan fingerprint density at radius 1 is 0.930 bits per heavy atom. The van der Waals surface area contributed by atoms with Crippen molar-refractivity contribution in [2.75, 3.05) is 12.3 Å². The van der Waals surface area contributed by atoms with Crippen LogP contribution in [0, 0.1) is 11.1 Å². The number of unbranched alkanes of at least 4 members (excludes halogenated alkanes) is 2. The molecule has 0 bridgehead atoms. The van der Waals surface area contributed by atoms with Crippen molar-refractivity contribution in [2.24, 2.45) is 5.92 Å². The highest BCUT2D eigenvalue weighted by Gasteiger charge is 2.38. The predicted octanol–water partition coefficient (Wildman–Crippen LogP) is 4.71. The second-order valence-electron chi connectivity index (χ2n) is 10.8. The quantitative estimate of drug-likeness (QED) is 0.105. The Labute approximate surface area is 257 Å². The number of nitrogens with one attached hydrogen (secondary N) is 2. The molecule has 0 spiro atoms. The normalized spacial score (nSPS) is 20.0. The molecule has 1 fully saturated rings. The van der Waals surface area contributed by atoms with Crippen LogP contribution in [0.25, 0.3) is 0 Å². The molecule has 3 aromatic rings. The molecule has 1 aromatic heterocycles. The number of aromatic nitrogens is 1. The van der Waals surface area contributed by atoms with E-state index in [9.17, 15) is 19.9 Å². The van der Waals surface area contributed by atoms with Crippen molar-refractivity contribution in [3.05, 3.63) is 100 Å². The molecule has 2 heterocycles. The Bertz CT molecular complexity index is 1320. The SMILES string of the molecule is CC(=O)NCCCCCC(=O)NCc1ccc([C@@H]2O[C@H](CSc3cccc[n+]3[O-])[C@H](C)[C@H](c3ccc(CO)cc3)O2)cc1. The number of hydrogen-bond donors (Lipinski definition) is 3. The first-order valence-corrected chi connectivity index (χ1v) is 15.7. The number of pyridine rings is 1. The Balaban J connectivity index is 1.37. The molecule has 1 saturated heterocycles. The average Bonchev–Trinajstić information content (AvgIpc) is 3.02. The zero-order chi connectivity index (χ0) is 30.6. The van der Waals surface area contributed by atoms with Gasteiger partial charge in [0.1, 0.15) is 0 Å². The van der Waals surface area contributed by atoms with Crippen LogP contribution in [0.15, 0.2) is 78.0 Å². The third-order valence-electron chi connectivity index (χ3n) is 7.50. The number of benzene rings is 2. The molecule has 0 aliphatic carbocycles. The number of ether oxygens (including phenoxy) is 2. The Morgan fingerprint density at radius 3 is 2.35 bits per heavy atom. The van der Waals surface area contributed by atoms with E-state index in [1.165, 1.54) is 24.9 Å². The summed E-state index contributed by atoms with van der Waals surface area (Å²) in [6.07, 6.45) is 3.42. The van der Waals surface area contributed by atoms with E-state index >= 15 is 0 Å². The van der Waals surface area contributed by atoms with Crippen LogP contribution < -0.4 is 15.4 Å². The van der Waals surface area contributed by atoms with Gasteiger partial charge in [-0.15, -0.1) is 0 Å². The first kappa shape index (κ1) is 32.5. The molecule has 1 aliphatic heterocycles. The highest BCUT2D eigenvalue weighted by Crippen LogP contribution is 2.42. The van der Waals surface area contributed by atoms with Crippen LogP contribution in [0.1, 0.15) is 74.2 Å². The van der Waals surface area contributed by atoms with Gasteiger partial charge < -0.3 is 30.4 Å². The van der Waals surface area contributed by atoms with E-state index in [2.05, 4.69) is 17.6 Å². The second kappa shape index (κ2) is 16.4. The van der Waals surface area contributed by atoms with Gasteiger partial charge in [-0.25, -0.2) is 0 Å². The lowest BCUT2D eigenvalue weighted by Gasteiger charge is -2.41. The van der Waals surface area contributed by atoms with E-state index in [1.807, 2.05) is 54.6 Å². The number of hydrogen-bond acceptors (Lipinski definition) is 7. The van der Waals surface area contributed by atoms with Gasteiger partial charge in [-0.05, 0) is 35.6 Å². The maximum absolute atomic E-state index is 12.3. The van der Waals surface area contributed by atoms with Crippen LogP contribution in [0.4, 0.5) is 0 Å². The summed E-state index contributed by atoms with van der Waals surface area (Å²) in [5, 5.41) is 28.0. The molecule has 4 rings (SSSR count). The number of aliphatic hydroxyl groups excluding tert-OH is 1. The lowest BCUT2D eigenvalue weighted by atomic mass is 9.91. The van der Waals surface area contributed by atoms with Crippen molar-refractivity contribution in [2.45, 2.75) is 76.2 Å². The highest BCUT2D eigenvalue weighted by atomic mass is 32.2. The number of rotatable bonds is 14. The van der Waals surface area contributed by atoms with Crippen LogP contribution in [0.5, 0.6) is 0 Å². The van der Waals surface area contributed by atoms with Gasteiger partial charge in [0.2, 0.25) is 11.8 Å². The van der Waals surface area contributed by atoms with Gasteiger partial charge in [0, 0.05) is 55.8 Å². The standard InChI is InChI=1S/C33H41N3O6S/c1-23-29(22-43-31-9-5-7-19-36(31)40)41-33(42-32(23)27-14-12-26(21-37)13-15-27)28-16-10-25(11-17-28)20-35-30(39)8-4-3-6-18-34-24(2)38/h5,7,9-17,19,23,29,32-33,37H,3-4,6,8,18,20-22H2,1-2H3,(H,34,38)(H,35,39)/t23-,29+,32+,33+/m0/s1. The summed E-state index contributed by atoms with van der Waals surface area (Å²) in [6, 6.07) is 21.0. The van der Waals surface area contributed by atoms with Crippen LogP contribution >= 0.6 is 11.8 Å². The summed E-state index contributed by atoms with van der Waals surface area (Å²) in [6.45, 7) is 4.64. The number of thioether (sulfide) groups is 1. The summed E-state index contributed by atoms with van der Waals surface area (Å²) >= 11 is 1.46. The fourth-order valence-corrected chi connectivity index (χ4v) is 6.02. The first-order chi connectivity index (χ1) is 20.8. The number of nitrogens with zero attached hydrogens (tertiary/aromatic N) is 1. The lowest BCUT2D eigenvalue weighted by molar-refractivity contribution is -0.645. The molecule has 2 aromatic carbocycles. The Morgan fingerprint density at radius 2 is 1.65 bits per heavy atom. The molecule has 0 unspecified atom stereocenters. The molecule has 230 valence electrons. The van der Waals surface area contributed by atoms with Crippen molar-refractivity contribution >= 4 is 23.6 Å². The van der Waals surface area contributed by atoms with Gasteiger partial charge >= 0.3 is 0 Å².